The summed E-state index contributed by atoms with van der Waals surface area (Å²) in [6, 6.07) is 17.1. The minimum atomic E-state index is -0.269. The first-order chi connectivity index (χ1) is 8.74. The normalized spacial score (nSPS) is 12.8. The van der Waals surface area contributed by atoms with Crippen molar-refractivity contribution in [3.63, 3.8) is 0 Å². The van der Waals surface area contributed by atoms with Gasteiger partial charge in [-0.1, -0.05) is 41.9 Å². The predicted octanol–water partition coefficient (Wildman–Crippen LogP) is 4.13. The van der Waals surface area contributed by atoms with Crippen LogP contribution in [0.15, 0.2) is 59.0 Å². The fourth-order valence-corrected chi connectivity index (χ4v) is 2.12. The molecule has 0 saturated carbocycles. The van der Waals surface area contributed by atoms with Gasteiger partial charge in [-0.3, -0.25) is 0 Å². The molecule has 0 bridgehead atoms. The number of fused-ring (bicyclic) bond motifs is 1. The average Bonchev–Trinajstić information content (AvgIpc) is 2.82. The molecule has 0 fully saturated rings. The molecule has 2 nitrogen and oxygen atoms in total. The van der Waals surface area contributed by atoms with Crippen LogP contribution in [-0.2, 0) is 0 Å². The number of para-hydroxylation sites is 1. The molecule has 2 aromatic carbocycles. The Bertz CT molecular complexity index is 639. The molecule has 0 spiro atoms. The third kappa shape index (κ3) is 2.01. The predicted molar refractivity (Wildman–Crippen MR) is 73.7 cm³/mol. The second-order valence-corrected chi connectivity index (χ2v) is 4.65. The van der Waals surface area contributed by atoms with Crippen LogP contribution in [-0.4, -0.2) is 0 Å². The van der Waals surface area contributed by atoms with Crippen LogP contribution in [0.2, 0.25) is 5.02 Å². The van der Waals surface area contributed by atoms with Gasteiger partial charge in [0.15, 0.2) is 0 Å². The largest absolute Gasteiger partial charge is 0.459 e. The lowest BCUT2D eigenvalue weighted by Crippen LogP contribution is -2.10. The summed E-state index contributed by atoms with van der Waals surface area (Å²) in [5.41, 5.74) is 8.04. The highest BCUT2D eigenvalue weighted by molar-refractivity contribution is 6.30. The Morgan fingerprint density at radius 2 is 1.72 bits per heavy atom. The topological polar surface area (TPSA) is 39.2 Å². The number of hydrogen-bond donors (Lipinski definition) is 1. The third-order valence-corrected chi connectivity index (χ3v) is 3.23. The van der Waals surface area contributed by atoms with Gasteiger partial charge in [0, 0.05) is 10.4 Å². The Morgan fingerprint density at radius 1 is 1.00 bits per heavy atom. The van der Waals surface area contributed by atoms with Crippen molar-refractivity contribution in [1.82, 2.24) is 0 Å². The minimum absolute atomic E-state index is 0.269. The Morgan fingerprint density at radius 3 is 2.44 bits per heavy atom. The van der Waals surface area contributed by atoms with Crippen LogP contribution in [0.4, 0.5) is 0 Å². The fourth-order valence-electron chi connectivity index (χ4n) is 1.99. The summed E-state index contributed by atoms with van der Waals surface area (Å²) in [5, 5.41) is 1.77. The van der Waals surface area contributed by atoms with Gasteiger partial charge in [-0.05, 0) is 29.8 Å². The molecule has 0 aliphatic rings. The summed E-state index contributed by atoms with van der Waals surface area (Å²) in [4.78, 5) is 0. The molecule has 0 aliphatic carbocycles. The summed E-state index contributed by atoms with van der Waals surface area (Å²) in [7, 11) is 0. The maximum absolute atomic E-state index is 6.19. The highest BCUT2D eigenvalue weighted by atomic mass is 35.5. The molecule has 18 heavy (non-hydrogen) atoms. The van der Waals surface area contributed by atoms with Crippen LogP contribution in [0.25, 0.3) is 11.0 Å². The lowest BCUT2D eigenvalue weighted by atomic mass is 10.1. The fraction of sp³-hybridized carbons (Fsp3) is 0.0667. The molecular weight excluding hydrogens is 246 g/mol. The molecule has 1 aromatic heterocycles. The highest BCUT2D eigenvalue weighted by Gasteiger charge is 2.13. The number of hydrogen-bond acceptors (Lipinski definition) is 2. The lowest BCUT2D eigenvalue weighted by molar-refractivity contribution is 0.525. The van der Waals surface area contributed by atoms with Crippen molar-refractivity contribution in [2.75, 3.05) is 0 Å². The van der Waals surface area contributed by atoms with Crippen molar-refractivity contribution in [3.8, 4) is 0 Å². The zero-order chi connectivity index (χ0) is 12.5. The molecule has 0 aliphatic heterocycles. The van der Waals surface area contributed by atoms with Gasteiger partial charge in [-0.25, -0.2) is 0 Å². The Kier molecular flexibility index (Phi) is 2.82. The van der Waals surface area contributed by atoms with E-state index in [1.165, 1.54) is 0 Å². The highest BCUT2D eigenvalue weighted by Crippen LogP contribution is 2.27. The smallest absolute Gasteiger partial charge is 0.134 e. The summed E-state index contributed by atoms with van der Waals surface area (Å²) in [6.45, 7) is 0. The number of rotatable bonds is 2. The number of furan rings is 1. The zero-order valence-electron chi connectivity index (χ0n) is 9.64. The van der Waals surface area contributed by atoms with Crippen molar-refractivity contribution < 1.29 is 4.42 Å². The van der Waals surface area contributed by atoms with Gasteiger partial charge in [0.2, 0.25) is 0 Å². The van der Waals surface area contributed by atoms with E-state index in [1.807, 2.05) is 54.6 Å². The van der Waals surface area contributed by atoms with Gasteiger partial charge in [-0.2, -0.15) is 0 Å². The molecule has 3 aromatic rings. The van der Waals surface area contributed by atoms with Gasteiger partial charge in [0.25, 0.3) is 0 Å². The summed E-state index contributed by atoms with van der Waals surface area (Å²) in [5.74, 6) is 0.763. The van der Waals surface area contributed by atoms with Crippen molar-refractivity contribution in [1.29, 1.82) is 0 Å². The van der Waals surface area contributed by atoms with E-state index >= 15 is 0 Å². The van der Waals surface area contributed by atoms with Crippen molar-refractivity contribution in [2.24, 2.45) is 5.73 Å². The maximum Gasteiger partial charge on any atom is 0.134 e. The van der Waals surface area contributed by atoms with Gasteiger partial charge >= 0.3 is 0 Å². The first-order valence-electron chi connectivity index (χ1n) is 5.73. The van der Waals surface area contributed by atoms with Gasteiger partial charge < -0.3 is 10.2 Å². The first kappa shape index (κ1) is 11.3. The van der Waals surface area contributed by atoms with Crippen LogP contribution in [0.3, 0.4) is 0 Å². The number of halogens is 1. The average molecular weight is 258 g/mol. The third-order valence-electron chi connectivity index (χ3n) is 2.98. The molecule has 90 valence electrons. The van der Waals surface area contributed by atoms with E-state index in [0.717, 1.165) is 22.3 Å². The molecule has 1 atom stereocenters. The molecule has 0 radical (unpaired) electrons. The van der Waals surface area contributed by atoms with E-state index in [0.29, 0.717) is 5.02 Å². The Hall–Kier alpha value is -1.77. The summed E-state index contributed by atoms with van der Waals surface area (Å²) >= 11 is 5.86. The van der Waals surface area contributed by atoms with E-state index in [9.17, 15) is 0 Å². The van der Waals surface area contributed by atoms with Crippen LogP contribution in [0, 0.1) is 0 Å². The van der Waals surface area contributed by atoms with E-state index in [2.05, 4.69) is 0 Å². The molecule has 0 amide bonds. The van der Waals surface area contributed by atoms with E-state index in [1.54, 1.807) is 0 Å². The Labute approximate surface area is 110 Å². The number of benzene rings is 2. The lowest BCUT2D eigenvalue weighted by Gasteiger charge is -2.08. The van der Waals surface area contributed by atoms with Crippen molar-refractivity contribution in [3.05, 3.63) is 70.9 Å². The van der Waals surface area contributed by atoms with E-state index in [-0.39, 0.29) is 6.04 Å². The van der Waals surface area contributed by atoms with Crippen LogP contribution in [0.5, 0.6) is 0 Å². The molecule has 3 heteroatoms. The van der Waals surface area contributed by atoms with Gasteiger partial charge in [-0.15, -0.1) is 0 Å². The molecule has 0 unspecified atom stereocenters. The monoisotopic (exact) mass is 257 g/mol. The standard InChI is InChI=1S/C15H12ClNO/c16-12-7-5-10(6-8-12)15(17)14-9-11-3-1-2-4-13(11)18-14/h1-9,15H,17H2/t15-/m0/s1. The number of nitrogens with two attached hydrogens (primary N) is 1. The second-order valence-electron chi connectivity index (χ2n) is 4.22. The quantitative estimate of drug-likeness (QED) is 0.750. The molecule has 1 heterocycles. The zero-order valence-corrected chi connectivity index (χ0v) is 10.4. The molecular formula is C15H12ClNO. The first-order valence-corrected chi connectivity index (χ1v) is 6.11. The van der Waals surface area contributed by atoms with Gasteiger partial charge in [0.1, 0.15) is 11.3 Å². The second kappa shape index (κ2) is 4.48. The minimum Gasteiger partial charge on any atom is -0.459 e. The van der Waals surface area contributed by atoms with E-state index in [4.69, 9.17) is 21.8 Å². The maximum atomic E-state index is 6.19. The summed E-state index contributed by atoms with van der Waals surface area (Å²) in [6.07, 6.45) is 0. The van der Waals surface area contributed by atoms with Crippen LogP contribution >= 0.6 is 11.6 Å². The van der Waals surface area contributed by atoms with Gasteiger partial charge in [0.05, 0.1) is 6.04 Å². The molecule has 3 rings (SSSR count). The van der Waals surface area contributed by atoms with E-state index < -0.39 is 0 Å². The summed E-state index contributed by atoms with van der Waals surface area (Å²) < 4.78 is 5.76. The molecule has 2 N–H and O–H groups in total. The van der Waals surface area contributed by atoms with Crippen LogP contribution in [0.1, 0.15) is 17.4 Å². The van der Waals surface area contributed by atoms with Crippen LogP contribution < -0.4 is 5.73 Å². The molecule has 0 saturated heterocycles. The Balaban J connectivity index is 2.00. The van der Waals surface area contributed by atoms with Crippen molar-refractivity contribution >= 4 is 22.6 Å². The van der Waals surface area contributed by atoms with Crippen molar-refractivity contribution in [2.45, 2.75) is 6.04 Å². The SMILES string of the molecule is N[C@@H](c1ccc(Cl)cc1)c1cc2ccccc2o1.